The third kappa shape index (κ3) is 3.37. The highest BCUT2D eigenvalue weighted by atomic mass is 35.5. The number of halogens is 2. The van der Waals surface area contributed by atoms with Crippen molar-refractivity contribution < 1.29 is 13.7 Å². The van der Waals surface area contributed by atoms with E-state index in [-0.39, 0.29) is 28.8 Å². The maximum Gasteiger partial charge on any atom is 0.258 e. The molecule has 26 heavy (non-hydrogen) atoms. The van der Waals surface area contributed by atoms with Gasteiger partial charge in [0, 0.05) is 35.0 Å². The molecule has 8 heteroatoms. The van der Waals surface area contributed by atoms with Crippen molar-refractivity contribution in [3.05, 3.63) is 57.3 Å². The van der Waals surface area contributed by atoms with Gasteiger partial charge in [0.1, 0.15) is 5.82 Å². The molecule has 0 bridgehead atoms. The predicted octanol–water partition coefficient (Wildman–Crippen LogP) is 4.15. The van der Waals surface area contributed by atoms with E-state index in [1.807, 2.05) is 16.8 Å². The van der Waals surface area contributed by atoms with Crippen molar-refractivity contribution in [2.45, 2.75) is 18.8 Å². The van der Waals surface area contributed by atoms with E-state index in [9.17, 15) is 9.18 Å². The second-order valence-corrected chi connectivity index (χ2v) is 7.36. The third-order valence-corrected chi connectivity index (χ3v) is 5.54. The zero-order valence-corrected chi connectivity index (χ0v) is 15.3. The highest BCUT2D eigenvalue weighted by Gasteiger charge is 2.31. The summed E-state index contributed by atoms with van der Waals surface area (Å²) >= 11 is 7.58. The van der Waals surface area contributed by atoms with Gasteiger partial charge < -0.3 is 9.42 Å². The molecule has 0 saturated carbocycles. The van der Waals surface area contributed by atoms with Gasteiger partial charge in [-0.3, -0.25) is 4.79 Å². The van der Waals surface area contributed by atoms with Crippen LogP contribution in [0.5, 0.6) is 0 Å². The van der Waals surface area contributed by atoms with Crippen molar-refractivity contribution in [2.75, 3.05) is 13.1 Å². The lowest BCUT2D eigenvalue weighted by atomic mass is 10.1. The molecule has 0 aliphatic carbocycles. The molecule has 1 aromatic carbocycles. The van der Waals surface area contributed by atoms with E-state index in [2.05, 4.69) is 10.1 Å². The average molecular weight is 392 g/mol. The summed E-state index contributed by atoms with van der Waals surface area (Å²) in [5.74, 6) is 0.502. The third-order valence-electron chi connectivity index (χ3n) is 4.51. The van der Waals surface area contributed by atoms with Gasteiger partial charge in [-0.15, -0.1) is 0 Å². The van der Waals surface area contributed by atoms with Gasteiger partial charge in [0.15, 0.2) is 5.82 Å². The number of hydrogen-bond acceptors (Lipinski definition) is 5. The van der Waals surface area contributed by atoms with Crippen LogP contribution < -0.4 is 0 Å². The van der Waals surface area contributed by atoms with Crippen LogP contribution in [0.4, 0.5) is 4.39 Å². The molecule has 2 aromatic heterocycles. The highest BCUT2D eigenvalue weighted by molar-refractivity contribution is 7.08. The van der Waals surface area contributed by atoms with E-state index < -0.39 is 5.82 Å². The van der Waals surface area contributed by atoms with Gasteiger partial charge in [0.25, 0.3) is 5.89 Å². The maximum absolute atomic E-state index is 13.9. The standard InChI is InChI=1S/C18H15ClFN3O2S/c19-14-2-1-3-15(20)13(14)8-16(24)23-6-4-11(9-23)17-21-18(25-22-17)12-5-7-26-10-12/h1-3,5,7,10-11H,4,6,8-9H2/t11-/m1/s1. The first-order valence-corrected chi connectivity index (χ1v) is 9.50. The second kappa shape index (κ2) is 7.17. The lowest BCUT2D eigenvalue weighted by Crippen LogP contribution is -2.30. The van der Waals surface area contributed by atoms with E-state index >= 15 is 0 Å². The molecule has 1 aliphatic rings. The fraction of sp³-hybridized carbons (Fsp3) is 0.278. The first-order chi connectivity index (χ1) is 12.6. The van der Waals surface area contributed by atoms with Crippen molar-refractivity contribution in [1.82, 2.24) is 15.0 Å². The quantitative estimate of drug-likeness (QED) is 0.670. The Morgan fingerprint density at radius 1 is 1.42 bits per heavy atom. The van der Waals surface area contributed by atoms with Crippen LogP contribution in [0.3, 0.4) is 0 Å². The number of benzene rings is 1. The van der Waals surface area contributed by atoms with Gasteiger partial charge in [-0.2, -0.15) is 16.3 Å². The summed E-state index contributed by atoms with van der Waals surface area (Å²) in [5.41, 5.74) is 1.13. The summed E-state index contributed by atoms with van der Waals surface area (Å²) in [6, 6.07) is 6.35. The van der Waals surface area contributed by atoms with E-state index in [0.717, 1.165) is 12.0 Å². The molecule has 0 N–H and O–H groups in total. The van der Waals surface area contributed by atoms with E-state index in [0.29, 0.717) is 24.8 Å². The number of rotatable bonds is 4. The number of carbonyl (C=O) groups excluding carboxylic acids is 1. The van der Waals surface area contributed by atoms with E-state index in [4.69, 9.17) is 16.1 Å². The van der Waals surface area contributed by atoms with E-state index in [1.165, 1.54) is 12.1 Å². The lowest BCUT2D eigenvalue weighted by Gasteiger charge is -2.16. The van der Waals surface area contributed by atoms with E-state index in [1.54, 1.807) is 22.3 Å². The van der Waals surface area contributed by atoms with Crippen LogP contribution in [0.1, 0.15) is 23.7 Å². The Labute approximate surface area is 158 Å². The minimum Gasteiger partial charge on any atom is -0.342 e. The normalized spacial score (nSPS) is 17.0. The smallest absolute Gasteiger partial charge is 0.258 e. The summed E-state index contributed by atoms with van der Waals surface area (Å²) < 4.78 is 19.2. The molecular formula is C18H15ClFN3O2S. The zero-order valence-electron chi connectivity index (χ0n) is 13.7. The molecule has 0 spiro atoms. The molecule has 1 saturated heterocycles. The van der Waals surface area contributed by atoms with Gasteiger partial charge in [-0.1, -0.05) is 22.8 Å². The second-order valence-electron chi connectivity index (χ2n) is 6.17. The molecule has 1 fully saturated rings. The fourth-order valence-corrected chi connectivity index (χ4v) is 3.93. The van der Waals surface area contributed by atoms with Gasteiger partial charge in [-0.05, 0) is 30.0 Å². The van der Waals surface area contributed by atoms with Gasteiger partial charge in [-0.25, -0.2) is 4.39 Å². The Balaban J connectivity index is 1.43. The molecule has 5 nitrogen and oxygen atoms in total. The van der Waals surface area contributed by atoms with Crippen molar-refractivity contribution in [3.8, 4) is 11.5 Å². The van der Waals surface area contributed by atoms with Crippen molar-refractivity contribution in [3.63, 3.8) is 0 Å². The Morgan fingerprint density at radius 3 is 3.08 bits per heavy atom. The molecule has 0 radical (unpaired) electrons. The number of aromatic nitrogens is 2. The Hall–Kier alpha value is -2.25. The van der Waals surface area contributed by atoms with Crippen molar-refractivity contribution in [2.24, 2.45) is 0 Å². The molecule has 134 valence electrons. The Kier molecular flexibility index (Phi) is 4.74. The Bertz CT molecular complexity index is 908. The van der Waals surface area contributed by atoms with Gasteiger partial charge >= 0.3 is 0 Å². The van der Waals surface area contributed by atoms with Crippen LogP contribution in [-0.2, 0) is 11.2 Å². The molecule has 4 rings (SSSR count). The maximum atomic E-state index is 13.9. The Morgan fingerprint density at radius 2 is 2.31 bits per heavy atom. The number of carbonyl (C=O) groups is 1. The van der Waals surface area contributed by atoms with Crippen molar-refractivity contribution in [1.29, 1.82) is 0 Å². The first-order valence-electron chi connectivity index (χ1n) is 8.18. The minimum absolute atomic E-state index is 0.0196. The molecule has 3 aromatic rings. The predicted molar refractivity (Wildman–Crippen MR) is 96.7 cm³/mol. The number of amides is 1. The summed E-state index contributed by atoms with van der Waals surface area (Å²) in [6.45, 7) is 1.07. The minimum atomic E-state index is -0.458. The summed E-state index contributed by atoms with van der Waals surface area (Å²) in [6.07, 6.45) is 0.698. The fourth-order valence-electron chi connectivity index (χ4n) is 3.07. The monoisotopic (exact) mass is 391 g/mol. The van der Waals surface area contributed by atoms with Crippen molar-refractivity contribution >= 4 is 28.8 Å². The zero-order chi connectivity index (χ0) is 18.1. The summed E-state index contributed by atoms with van der Waals surface area (Å²) in [7, 11) is 0. The molecule has 1 amide bonds. The van der Waals surface area contributed by atoms with Crippen LogP contribution in [0.15, 0.2) is 39.5 Å². The van der Waals surface area contributed by atoms with Crippen LogP contribution in [0, 0.1) is 5.82 Å². The van der Waals surface area contributed by atoms with Gasteiger partial charge in [0.2, 0.25) is 5.91 Å². The number of nitrogens with zero attached hydrogens (tertiary/aromatic N) is 3. The summed E-state index contributed by atoms with van der Waals surface area (Å²) in [4.78, 5) is 18.7. The number of hydrogen-bond donors (Lipinski definition) is 0. The van der Waals surface area contributed by atoms with Crippen LogP contribution >= 0.6 is 22.9 Å². The topological polar surface area (TPSA) is 59.2 Å². The van der Waals surface area contributed by atoms with Crippen LogP contribution in [0.2, 0.25) is 5.02 Å². The largest absolute Gasteiger partial charge is 0.342 e. The average Bonchev–Trinajstić information content (AvgIpc) is 3.38. The molecule has 0 unspecified atom stereocenters. The number of thiophene rings is 1. The van der Waals surface area contributed by atoms with Crippen LogP contribution in [-0.4, -0.2) is 34.0 Å². The molecule has 1 aliphatic heterocycles. The SMILES string of the molecule is O=C(Cc1c(F)cccc1Cl)N1CC[C@@H](c2noc(-c3ccsc3)n2)C1. The highest BCUT2D eigenvalue weighted by Crippen LogP contribution is 2.29. The summed E-state index contributed by atoms with van der Waals surface area (Å²) in [5, 5.41) is 8.22. The number of likely N-dealkylation sites (tertiary alicyclic amines) is 1. The van der Waals surface area contributed by atoms with Crippen LogP contribution in [0.25, 0.3) is 11.5 Å². The lowest BCUT2D eigenvalue weighted by molar-refractivity contribution is -0.129. The molecular weight excluding hydrogens is 377 g/mol. The first kappa shape index (κ1) is 17.2. The molecule has 1 atom stereocenters. The van der Waals surface area contributed by atoms with Gasteiger partial charge in [0.05, 0.1) is 12.0 Å². The molecule has 3 heterocycles.